The topological polar surface area (TPSA) is 46.2 Å². The third kappa shape index (κ3) is 2.49. The second-order valence-electron chi connectivity index (χ2n) is 3.55. The van der Waals surface area contributed by atoms with Crippen molar-refractivity contribution in [2.75, 3.05) is 6.61 Å². The predicted octanol–water partition coefficient (Wildman–Crippen LogP) is 1.52. The van der Waals surface area contributed by atoms with Crippen molar-refractivity contribution in [3.63, 3.8) is 0 Å². The monoisotopic (exact) mass is 201 g/mol. The Morgan fingerprint density at radius 3 is 2.21 bits per heavy atom. The molecule has 0 bridgehead atoms. The smallest absolute Gasteiger partial charge is 0.126 e. The van der Waals surface area contributed by atoms with E-state index in [-0.39, 0.29) is 13.0 Å². The quantitative estimate of drug-likeness (QED) is 0.778. The van der Waals surface area contributed by atoms with Crippen LogP contribution in [0.3, 0.4) is 0 Å². The van der Waals surface area contributed by atoms with E-state index in [9.17, 15) is 8.78 Å². The van der Waals surface area contributed by atoms with Crippen LogP contribution in [0.2, 0.25) is 0 Å². The summed E-state index contributed by atoms with van der Waals surface area (Å²) in [4.78, 5) is 0. The lowest BCUT2D eigenvalue weighted by Crippen LogP contribution is -2.34. The van der Waals surface area contributed by atoms with E-state index in [1.54, 1.807) is 6.92 Å². The first-order valence-corrected chi connectivity index (χ1v) is 4.32. The van der Waals surface area contributed by atoms with Gasteiger partial charge in [0.05, 0.1) is 0 Å². The first-order valence-electron chi connectivity index (χ1n) is 4.32. The van der Waals surface area contributed by atoms with E-state index in [0.29, 0.717) is 5.56 Å². The second kappa shape index (κ2) is 4.02. The maximum absolute atomic E-state index is 12.8. The first-order chi connectivity index (χ1) is 6.45. The molecule has 0 aliphatic carbocycles. The molecule has 0 saturated carbocycles. The molecular formula is C10H13F2NO. The summed E-state index contributed by atoms with van der Waals surface area (Å²) < 4.78 is 25.7. The maximum Gasteiger partial charge on any atom is 0.126 e. The molecule has 78 valence electrons. The SMILES string of the molecule is C[C@@](N)(CCO)c1cc(F)cc(F)c1. The summed E-state index contributed by atoms with van der Waals surface area (Å²) in [6, 6.07) is 3.15. The Labute approximate surface area is 81.4 Å². The van der Waals surface area contributed by atoms with E-state index in [0.717, 1.165) is 6.07 Å². The number of nitrogens with two attached hydrogens (primary N) is 1. The number of aliphatic hydroxyl groups excluding tert-OH is 1. The average Bonchev–Trinajstić information content (AvgIpc) is 2.02. The fourth-order valence-corrected chi connectivity index (χ4v) is 1.26. The Morgan fingerprint density at radius 1 is 1.29 bits per heavy atom. The van der Waals surface area contributed by atoms with Gasteiger partial charge in [-0.2, -0.15) is 0 Å². The van der Waals surface area contributed by atoms with Gasteiger partial charge in [0.15, 0.2) is 0 Å². The first kappa shape index (κ1) is 11.1. The second-order valence-corrected chi connectivity index (χ2v) is 3.55. The largest absolute Gasteiger partial charge is 0.396 e. The minimum atomic E-state index is -0.905. The molecule has 0 aliphatic heterocycles. The number of aliphatic hydroxyl groups is 1. The van der Waals surface area contributed by atoms with Crippen molar-refractivity contribution < 1.29 is 13.9 Å². The minimum Gasteiger partial charge on any atom is -0.396 e. The fraction of sp³-hybridized carbons (Fsp3) is 0.400. The molecule has 14 heavy (non-hydrogen) atoms. The molecule has 1 aromatic carbocycles. The van der Waals surface area contributed by atoms with Gasteiger partial charge >= 0.3 is 0 Å². The van der Waals surface area contributed by atoms with Crippen LogP contribution in [-0.2, 0) is 5.54 Å². The van der Waals surface area contributed by atoms with Crippen LogP contribution in [0.4, 0.5) is 8.78 Å². The Hall–Kier alpha value is -1.00. The zero-order valence-electron chi connectivity index (χ0n) is 7.93. The molecule has 0 heterocycles. The molecule has 0 fully saturated rings. The lowest BCUT2D eigenvalue weighted by molar-refractivity contribution is 0.246. The van der Waals surface area contributed by atoms with Crippen LogP contribution in [0.5, 0.6) is 0 Å². The zero-order chi connectivity index (χ0) is 10.8. The van der Waals surface area contributed by atoms with Crippen LogP contribution in [-0.4, -0.2) is 11.7 Å². The third-order valence-electron chi connectivity index (χ3n) is 2.15. The molecule has 0 radical (unpaired) electrons. The molecule has 0 unspecified atom stereocenters. The molecular weight excluding hydrogens is 188 g/mol. The summed E-state index contributed by atoms with van der Waals surface area (Å²) in [7, 11) is 0. The Balaban J connectivity index is 3.05. The van der Waals surface area contributed by atoms with Crippen molar-refractivity contribution in [3.8, 4) is 0 Å². The van der Waals surface area contributed by atoms with Gasteiger partial charge in [0.2, 0.25) is 0 Å². The van der Waals surface area contributed by atoms with Crippen molar-refractivity contribution in [2.24, 2.45) is 5.73 Å². The summed E-state index contributed by atoms with van der Waals surface area (Å²) in [5.41, 5.74) is 5.24. The van der Waals surface area contributed by atoms with Gasteiger partial charge in [-0.05, 0) is 31.0 Å². The molecule has 0 spiro atoms. The van der Waals surface area contributed by atoms with Gasteiger partial charge in [-0.3, -0.25) is 0 Å². The van der Waals surface area contributed by atoms with E-state index in [2.05, 4.69) is 0 Å². The number of halogens is 2. The number of rotatable bonds is 3. The highest BCUT2D eigenvalue weighted by Crippen LogP contribution is 2.22. The molecule has 1 aromatic rings. The van der Waals surface area contributed by atoms with Crippen molar-refractivity contribution in [2.45, 2.75) is 18.9 Å². The maximum atomic E-state index is 12.8. The molecule has 0 amide bonds. The van der Waals surface area contributed by atoms with Crippen LogP contribution in [0, 0.1) is 11.6 Å². The Bertz CT molecular complexity index is 306. The predicted molar refractivity (Wildman–Crippen MR) is 49.6 cm³/mol. The highest BCUT2D eigenvalue weighted by molar-refractivity contribution is 5.24. The standard InChI is InChI=1S/C10H13F2NO/c1-10(13,2-3-14)7-4-8(11)6-9(12)5-7/h4-6,14H,2-3,13H2,1H3/t10-/m1/s1. The zero-order valence-corrected chi connectivity index (χ0v) is 7.93. The summed E-state index contributed by atoms with van der Waals surface area (Å²) in [6.07, 6.45) is 0.260. The van der Waals surface area contributed by atoms with Gasteiger partial charge in [0.1, 0.15) is 11.6 Å². The Morgan fingerprint density at radius 2 is 1.79 bits per heavy atom. The van der Waals surface area contributed by atoms with Crippen LogP contribution in [0.15, 0.2) is 18.2 Å². The van der Waals surface area contributed by atoms with Crippen LogP contribution < -0.4 is 5.73 Å². The number of hydrogen-bond donors (Lipinski definition) is 2. The highest BCUT2D eigenvalue weighted by atomic mass is 19.1. The molecule has 0 aliphatic rings. The lowest BCUT2D eigenvalue weighted by atomic mass is 9.90. The summed E-state index contributed by atoms with van der Waals surface area (Å²) in [5.74, 6) is -1.32. The summed E-state index contributed by atoms with van der Waals surface area (Å²) in [6.45, 7) is 1.50. The minimum absolute atomic E-state index is 0.120. The van der Waals surface area contributed by atoms with E-state index in [1.165, 1.54) is 12.1 Å². The summed E-state index contributed by atoms with van der Waals surface area (Å²) in [5, 5.41) is 8.73. The number of benzene rings is 1. The molecule has 1 atom stereocenters. The van der Waals surface area contributed by atoms with Crippen LogP contribution in [0.1, 0.15) is 18.9 Å². The summed E-state index contributed by atoms with van der Waals surface area (Å²) >= 11 is 0. The molecule has 0 aromatic heterocycles. The van der Waals surface area contributed by atoms with Crippen LogP contribution >= 0.6 is 0 Å². The van der Waals surface area contributed by atoms with E-state index in [4.69, 9.17) is 10.8 Å². The van der Waals surface area contributed by atoms with Gasteiger partial charge in [-0.1, -0.05) is 0 Å². The molecule has 0 saturated heterocycles. The van der Waals surface area contributed by atoms with Gasteiger partial charge in [0.25, 0.3) is 0 Å². The molecule has 4 heteroatoms. The third-order valence-corrected chi connectivity index (χ3v) is 2.15. The van der Waals surface area contributed by atoms with E-state index >= 15 is 0 Å². The van der Waals surface area contributed by atoms with E-state index in [1.807, 2.05) is 0 Å². The van der Waals surface area contributed by atoms with Gasteiger partial charge in [0, 0.05) is 18.2 Å². The van der Waals surface area contributed by atoms with Crippen molar-refractivity contribution in [1.29, 1.82) is 0 Å². The highest BCUT2D eigenvalue weighted by Gasteiger charge is 2.21. The fourth-order valence-electron chi connectivity index (χ4n) is 1.26. The normalized spacial score (nSPS) is 15.2. The van der Waals surface area contributed by atoms with Gasteiger partial charge < -0.3 is 10.8 Å². The molecule has 2 nitrogen and oxygen atoms in total. The van der Waals surface area contributed by atoms with Crippen LogP contribution in [0.25, 0.3) is 0 Å². The van der Waals surface area contributed by atoms with Crippen molar-refractivity contribution in [3.05, 3.63) is 35.4 Å². The van der Waals surface area contributed by atoms with Crippen molar-refractivity contribution in [1.82, 2.24) is 0 Å². The Kier molecular flexibility index (Phi) is 3.18. The lowest BCUT2D eigenvalue weighted by Gasteiger charge is -2.24. The van der Waals surface area contributed by atoms with Gasteiger partial charge in [-0.25, -0.2) is 8.78 Å². The van der Waals surface area contributed by atoms with E-state index < -0.39 is 17.2 Å². The van der Waals surface area contributed by atoms with Crippen molar-refractivity contribution >= 4 is 0 Å². The molecule has 3 N–H and O–H groups in total. The number of hydrogen-bond acceptors (Lipinski definition) is 2. The average molecular weight is 201 g/mol. The van der Waals surface area contributed by atoms with Gasteiger partial charge in [-0.15, -0.1) is 0 Å². The molecule has 1 rings (SSSR count).